The van der Waals surface area contributed by atoms with E-state index >= 15 is 0 Å². The van der Waals surface area contributed by atoms with Crippen molar-refractivity contribution in [2.24, 2.45) is 5.41 Å². The predicted octanol–water partition coefficient (Wildman–Crippen LogP) is 2.03. The Morgan fingerprint density at radius 1 is 1.39 bits per heavy atom. The van der Waals surface area contributed by atoms with E-state index in [4.69, 9.17) is 9.84 Å². The summed E-state index contributed by atoms with van der Waals surface area (Å²) < 4.78 is 5.23. The second-order valence-corrected chi connectivity index (χ2v) is 5.18. The van der Waals surface area contributed by atoms with Crippen LogP contribution in [0.2, 0.25) is 0 Å². The average molecular weight is 249 g/mol. The Labute approximate surface area is 107 Å². The van der Waals surface area contributed by atoms with Crippen LogP contribution in [-0.2, 0) is 11.3 Å². The third-order valence-corrected chi connectivity index (χ3v) is 3.32. The summed E-state index contributed by atoms with van der Waals surface area (Å²) >= 11 is 0. The number of carbonyl (C=O) groups excluding carboxylic acids is 1. The summed E-state index contributed by atoms with van der Waals surface area (Å²) in [5.41, 5.74) is 1.05. The standard InChI is InChI=1S/C14H19NO3/c1-14(7-8-16)10-15(11-14)13(17)18-9-12-5-3-2-4-6-12/h2-6,16H,7-11H2,1H3. The van der Waals surface area contributed by atoms with Gasteiger partial charge in [0.2, 0.25) is 0 Å². The van der Waals surface area contributed by atoms with Crippen LogP contribution >= 0.6 is 0 Å². The lowest BCUT2D eigenvalue weighted by molar-refractivity contribution is -0.00826. The van der Waals surface area contributed by atoms with Crippen molar-refractivity contribution in [3.63, 3.8) is 0 Å². The fourth-order valence-electron chi connectivity index (χ4n) is 2.24. The van der Waals surface area contributed by atoms with Crippen molar-refractivity contribution < 1.29 is 14.6 Å². The van der Waals surface area contributed by atoms with Gasteiger partial charge in [-0.25, -0.2) is 4.79 Å². The summed E-state index contributed by atoms with van der Waals surface area (Å²) in [6, 6.07) is 9.63. The normalized spacial score (nSPS) is 17.1. The lowest BCUT2D eigenvalue weighted by atomic mass is 9.79. The molecule has 0 aromatic heterocycles. The first kappa shape index (κ1) is 12.9. The summed E-state index contributed by atoms with van der Waals surface area (Å²) in [6.45, 7) is 3.89. The number of nitrogens with zero attached hydrogens (tertiary/aromatic N) is 1. The molecule has 1 heterocycles. The van der Waals surface area contributed by atoms with Crippen LogP contribution in [0.1, 0.15) is 18.9 Å². The SMILES string of the molecule is CC1(CCO)CN(C(=O)OCc2ccccc2)C1. The molecular formula is C14H19NO3. The number of benzene rings is 1. The van der Waals surface area contributed by atoms with Gasteiger partial charge in [-0.1, -0.05) is 37.3 Å². The van der Waals surface area contributed by atoms with Gasteiger partial charge >= 0.3 is 6.09 Å². The molecule has 1 aromatic carbocycles. The minimum Gasteiger partial charge on any atom is -0.445 e. The van der Waals surface area contributed by atoms with Crippen LogP contribution in [0.5, 0.6) is 0 Å². The number of carbonyl (C=O) groups is 1. The summed E-state index contributed by atoms with van der Waals surface area (Å²) in [4.78, 5) is 13.4. The average Bonchev–Trinajstić information content (AvgIpc) is 2.34. The Morgan fingerprint density at radius 2 is 2.06 bits per heavy atom. The van der Waals surface area contributed by atoms with Gasteiger partial charge < -0.3 is 14.7 Å². The Morgan fingerprint density at radius 3 is 2.67 bits per heavy atom. The number of hydrogen-bond donors (Lipinski definition) is 1. The minimum absolute atomic E-state index is 0.0561. The fourth-order valence-corrected chi connectivity index (χ4v) is 2.24. The molecule has 1 saturated heterocycles. The van der Waals surface area contributed by atoms with Crippen LogP contribution in [0.15, 0.2) is 30.3 Å². The van der Waals surface area contributed by atoms with E-state index in [1.54, 1.807) is 4.90 Å². The molecule has 0 spiro atoms. The molecule has 0 unspecified atom stereocenters. The number of aliphatic hydroxyl groups excluding tert-OH is 1. The van der Waals surface area contributed by atoms with Crippen molar-refractivity contribution in [3.05, 3.63) is 35.9 Å². The Bertz CT molecular complexity index is 399. The zero-order valence-corrected chi connectivity index (χ0v) is 10.6. The molecule has 1 aliphatic heterocycles. The third-order valence-electron chi connectivity index (χ3n) is 3.32. The first-order chi connectivity index (χ1) is 8.63. The number of amides is 1. The van der Waals surface area contributed by atoms with Crippen LogP contribution in [0.3, 0.4) is 0 Å². The molecule has 4 nitrogen and oxygen atoms in total. The van der Waals surface area contributed by atoms with Crippen LogP contribution < -0.4 is 0 Å². The second-order valence-electron chi connectivity index (χ2n) is 5.18. The van der Waals surface area contributed by atoms with Crippen LogP contribution in [0.4, 0.5) is 4.79 Å². The summed E-state index contributed by atoms with van der Waals surface area (Å²) in [6.07, 6.45) is 0.462. The number of ether oxygens (including phenoxy) is 1. The molecule has 1 amide bonds. The maximum atomic E-state index is 11.7. The Balaban J connectivity index is 1.74. The van der Waals surface area contributed by atoms with Crippen LogP contribution in [0.25, 0.3) is 0 Å². The fraction of sp³-hybridized carbons (Fsp3) is 0.500. The largest absolute Gasteiger partial charge is 0.445 e. The first-order valence-corrected chi connectivity index (χ1v) is 6.19. The third kappa shape index (κ3) is 3.01. The number of likely N-dealkylation sites (tertiary alicyclic amines) is 1. The van der Waals surface area contributed by atoms with E-state index in [2.05, 4.69) is 6.92 Å². The van der Waals surface area contributed by atoms with E-state index in [1.807, 2.05) is 30.3 Å². The first-order valence-electron chi connectivity index (χ1n) is 6.19. The number of aliphatic hydroxyl groups is 1. The molecule has 1 aliphatic rings. The van der Waals surface area contributed by atoms with Crippen molar-refractivity contribution in [1.29, 1.82) is 0 Å². The summed E-state index contributed by atoms with van der Waals surface area (Å²) in [5, 5.41) is 8.91. The molecule has 0 saturated carbocycles. The van der Waals surface area contributed by atoms with E-state index in [0.29, 0.717) is 19.7 Å². The summed E-state index contributed by atoms with van der Waals surface area (Å²) in [5.74, 6) is 0. The van der Waals surface area contributed by atoms with E-state index in [9.17, 15) is 4.79 Å². The topological polar surface area (TPSA) is 49.8 Å². The number of hydrogen-bond acceptors (Lipinski definition) is 3. The van der Waals surface area contributed by atoms with Gasteiger partial charge in [0.25, 0.3) is 0 Å². The minimum atomic E-state index is -0.269. The molecule has 0 radical (unpaired) electrons. The summed E-state index contributed by atoms with van der Waals surface area (Å²) in [7, 11) is 0. The van der Waals surface area contributed by atoms with Crippen molar-refractivity contribution in [3.8, 4) is 0 Å². The highest BCUT2D eigenvalue weighted by molar-refractivity contribution is 5.69. The van der Waals surface area contributed by atoms with Gasteiger partial charge in [0.1, 0.15) is 6.61 Å². The number of rotatable bonds is 4. The lowest BCUT2D eigenvalue weighted by Crippen LogP contribution is -2.57. The molecule has 2 rings (SSSR count). The van der Waals surface area contributed by atoms with Gasteiger partial charge in [0.15, 0.2) is 0 Å². The maximum absolute atomic E-state index is 11.7. The highest BCUT2D eigenvalue weighted by Gasteiger charge is 2.41. The van der Waals surface area contributed by atoms with Crippen LogP contribution in [0, 0.1) is 5.41 Å². The van der Waals surface area contributed by atoms with Gasteiger partial charge in [0, 0.05) is 25.1 Å². The van der Waals surface area contributed by atoms with Gasteiger partial charge in [-0.05, 0) is 12.0 Å². The highest BCUT2D eigenvalue weighted by Crippen LogP contribution is 2.33. The molecule has 1 N–H and O–H groups in total. The van der Waals surface area contributed by atoms with E-state index in [1.165, 1.54) is 0 Å². The molecule has 0 bridgehead atoms. The van der Waals surface area contributed by atoms with Crippen LogP contribution in [-0.4, -0.2) is 35.8 Å². The van der Waals surface area contributed by atoms with Gasteiger partial charge in [-0.3, -0.25) is 0 Å². The Hall–Kier alpha value is -1.55. The molecule has 1 aromatic rings. The van der Waals surface area contributed by atoms with Crippen molar-refractivity contribution >= 4 is 6.09 Å². The molecule has 1 fully saturated rings. The molecule has 4 heteroatoms. The van der Waals surface area contributed by atoms with E-state index in [0.717, 1.165) is 12.0 Å². The van der Waals surface area contributed by atoms with E-state index < -0.39 is 0 Å². The van der Waals surface area contributed by atoms with Gasteiger partial charge in [-0.2, -0.15) is 0 Å². The van der Waals surface area contributed by atoms with Crippen molar-refractivity contribution in [2.75, 3.05) is 19.7 Å². The van der Waals surface area contributed by atoms with Gasteiger partial charge in [0.05, 0.1) is 0 Å². The molecular weight excluding hydrogens is 230 g/mol. The zero-order valence-electron chi connectivity index (χ0n) is 10.6. The second kappa shape index (κ2) is 5.40. The van der Waals surface area contributed by atoms with E-state index in [-0.39, 0.29) is 18.1 Å². The molecule has 18 heavy (non-hydrogen) atoms. The predicted molar refractivity (Wildman–Crippen MR) is 68.0 cm³/mol. The molecule has 0 aliphatic carbocycles. The van der Waals surface area contributed by atoms with Gasteiger partial charge in [-0.15, -0.1) is 0 Å². The van der Waals surface area contributed by atoms with Crippen molar-refractivity contribution in [1.82, 2.24) is 4.90 Å². The highest BCUT2D eigenvalue weighted by atomic mass is 16.6. The quantitative estimate of drug-likeness (QED) is 0.888. The smallest absolute Gasteiger partial charge is 0.410 e. The monoisotopic (exact) mass is 249 g/mol. The molecule has 0 atom stereocenters. The maximum Gasteiger partial charge on any atom is 0.410 e. The zero-order chi connectivity index (χ0) is 13.0. The Kier molecular flexibility index (Phi) is 3.87. The van der Waals surface area contributed by atoms with Crippen molar-refractivity contribution in [2.45, 2.75) is 20.0 Å². The lowest BCUT2D eigenvalue weighted by Gasteiger charge is -2.47. The molecule has 98 valence electrons.